The highest BCUT2D eigenvalue weighted by molar-refractivity contribution is 6.01. The first-order valence-corrected chi connectivity index (χ1v) is 10.7. The van der Waals surface area contributed by atoms with Crippen LogP contribution in [-0.2, 0) is 11.3 Å². The summed E-state index contributed by atoms with van der Waals surface area (Å²) in [6.07, 6.45) is 2.87. The van der Waals surface area contributed by atoms with Gasteiger partial charge in [0.15, 0.2) is 0 Å². The monoisotopic (exact) mass is 407 g/mol. The number of rotatable bonds is 8. The van der Waals surface area contributed by atoms with Gasteiger partial charge in [-0.15, -0.1) is 0 Å². The van der Waals surface area contributed by atoms with Crippen LogP contribution < -0.4 is 15.8 Å². The third kappa shape index (κ3) is 4.22. The lowest BCUT2D eigenvalue weighted by molar-refractivity contribution is 0.161. The number of carbonyl (C=O) groups is 1. The maximum atomic E-state index is 11.8. The van der Waals surface area contributed by atoms with Gasteiger partial charge in [-0.25, -0.2) is 4.79 Å². The maximum absolute atomic E-state index is 11.8. The van der Waals surface area contributed by atoms with Gasteiger partial charge in [0.1, 0.15) is 5.75 Å². The second-order valence-electron chi connectivity index (χ2n) is 7.77. The van der Waals surface area contributed by atoms with Crippen LogP contribution >= 0.6 is 0 Å². The molecule has 1 saturated carbocycles. The number of anilines is 2. The molecule has 2 aromatic carbocycles. The Balaban J connectivity index is 1.68. The zero-order chi connectivity index (χ0) is 21.1. The Bertz CT molecular complexity index is 1040. The SMILES string of the molecule is CCCOC(=O)Nc1ccc(-c2c(N)c3ccc(OCC)cc3n2CC2CC2)cc1. The van der Waals surface area contributed by atoms with E-state index in [1.807, 2.05) is 50.2 Å². The number of nitrogens with one attached hydrogen (secondary N) is 1. The van der Waals surface area contributed by atoms with Crippen molar-refractivity contribution in [2.75, 3.05) is 24.3 Å². The lowest BCUT2D eigenvalue weighted by Crippen LogP contribution is -2.13. The van der Waals surface area contributed by atoms with Gasteiger partial charge in [-0.1, -0.05) is 19.1 Å². The van der Waals surface area contributed by atoms with Crippen molar-refractivity contribution in [1.82, 2.24) is 4.57 Å². The molecule has 0 aliphatic heterocycles. The van der Waals surface area contributed by atoms with Gasteiger partial charge < -0.3 is 19.8 Å². The highest BCUT2D eigenvalue weighted by atomic mass is 16.5. The maximum Gasteiger partial charge on any atom is 0.411 e. The van der Waals surface area contributed by atoms with Crippen LogP contribution in [0.25, 0.3) is 22.2 Å². The minimum Gasteiger partial charge on any atom is -0.494 e. The Labute approximate surface area is 177 Å². The zero-order valence-electron chi connectivity index (χ0n) is 17.6. The van der Waals surface area contributed by atoms with E-state index in [-0.39, 0.29) is 0 Å². The highest BCUT2D eigenvalue weighted by Crippen LogP contribution is 2.41. The van der Waals surface area contributed by atoms with Crippen molar-refractivity contribution in [3.63, 3.8) is 0 Å². The number of nitrogens with two attached hydrogens (primary N) is 1. The van der Waals surface area contributed by atoms with Crippen molar-refractivity contribution in [1.29, 1.82) is 0 Å². The van der Waals surface area contributed by atoms with Crippen molar-refractivity contribution >= 4 is 28.4 Å². The number of carbonyl (C=O) groups excluding carboxylic acids is 1. The molecular weight excluding hydrogens is 378 g/mol. The summed E-state index contributed by atoms with van der Waals surface area (Å²) in [6, 6.07) is 13.9. The summed E-state index contributed by atoms with van der Waals surface area (Å²) in [5.74, 6) is 1.56. The molecule has 0 spiro atoms. The number of aromatic nitrogens is 1. The lowest BCUT2D eigenvalue weighted by Gasteiger charge is -2.12. The molecule has 0 bridgehead atoms. The van der Waals surface area contributed by atoms with Gasteiger partial charge in [0, 0.05) is 29.2 Å². The first-order valence-electron chi connectivity index (χ1n) is 10.7. The molecule has 6 heteroatoms. The molecular formula is C24H29N3O3. The van der Waals surface area contributed by atoms with E-state index in [4.69, 9.17) is 15.2 Å². The van der Waals surface area contributed by atoms with E-state index < -0.39 is 6.09 Å². The van der Waals surface area contributed by atoms with Crippen molar-refractivity contribution in [3.05, 3.63) is 42.5 Å². The van der Waals surface area contributed by atoms with Gasteiger partial charge in [0.25, 0.3) is 0 Å². The zero-order valence-corrected chi connectivity index (χ0v) is 17.6. The van der Waals surface area contributed by atoms with Gasteiger partial charge in [0.05, 0.1) is 30.1 Å². The Morgan fingerprint density at radius 1 is 1.17 bits per heavy atom. The fraction of sp³-hybridized carbons (Fsp3) is 0.375. The van der Waals surface area contributed by atoms with Crippen molar-refractivity contribution in [3.8, 4) is 17.0 Å². The molecule has 0 atom stereocenters. The molecule has 1 aliphatic rings. The number of nitrogen functional groups attached to an aromatic ring is 1. The molecule has 3 N–H and O–H groups in total. The molecule has 4 rings (SSSR count). The van der Waals surface area contributed by atoms with E-state index in [9.17, 15) is 4.79 Å². The number of hydrogen-bond donors (Lipinski definition) is 2. The minimum absolute atomic E-state index is 0.408. The molecule has 158 valence electrons. The second-order valence-corrected chi connectivity index (χ2v) is 7.77. The van der Waals surface area contributed by atoms with Crippen LogP contribution in [0.4, 0.5) is 16.2 Å². The summed E-state index contributed by atoms with van der Waals surface area (Å²) in [5.41, 5.74) is 11.2. The largest absolute Gasteiger partial charge is 0.494 e. The fourth-order valence-electron chi connectivity index (χ4n) is 3.73. The van der Waals surface area contributed by atoms with Crippen LogP contribution in [0.5, 0.6) is 5.75 Å². The van der Waals surface area contributed by atoms with Crippen LogP contribution in [0.1, 0.15) is 33.1 Å². The summed E-state index contributed by atoms with van der Waals surface area (Å²) < 4.78 is 13.1. The number of hydrogen-bond acceptors (Lipinski definition) is 4. The van der Waals surface area contributed by atoms with Crippen molar-refractivity contribution in [2.45, 2.75) is 39.7 Å². The average molecular weight is 408 g/mol. The molecule has 0 radical (unpaired) electrons. The van der Waals surface area contributed by atoms with Crippen molar-refractivity contribution in [2.24, 2.45) is 5.92 Å². The van der Waals surface area contributed by atoms with Crippen LogP contribution in [-0.4, -0.2) is 23.9 Å². The summed E-state index contributed by atoms with van der Waals surface area (Å²) in [7, 11) is 0. The first kappa shape index (κ1) is 20.1. The van der Waals surface area contributed by atoms with Gasteiger partial charge in [-0.05, 0) is 56.4 Å². The Morgan fingerprint density at radius 3 is 2.60 bits per heavy atom. The molecule has 1 fully saturated rings. The van der Waals surface area contributed by atoms with E-state index in [1.165, 1.54) is 12.8 Å². The molecule has 1 aliphatic carbocycles. The average Bonchev–Trinajstić information content (AvgIpc) is 3.52. The quantitative estimate of drug-likeness (QED) is 0.505. The van der Waals surface area contributed by atoms with Crippen LogP contribution in [0.3, 0.4) is 0 Å². The first-order chi connectivity index (χ1) is 14.6. The molecule has 1 aromatic heterocycles. The Hall–Kier alpha value is -3.15. The Morgan fingerprint density at radius 2 is 1.93 bits per heavy atom. The summed E-state index contributed by atoms with van der Waals surface area (Å²) >= 11 is 0. The standard InChI is InChI=1S/C24H29N3O3/c1-3-13-30-24(28)26-18-9-7-17(8-10-18)23-22(25)20-12-11-19(29-4-2)14-21(20)27(23)15-16-5-6-16/h7-12,14,16H,3-6,13,15,25H2,1-2H3,(H,26,28). The van der Waals surface area contributed by atoms with E-state index >= 15 is 0 Å². The van der Waals surface area contributed by atoms with E-state index in [0.717, 1.165) is 46.6 Å². The predicted molar refractivity (Wildman–Crippen MR) is 121 cm³/mol. The number of fused-ring (bicyclic) bond motifs is 1. The molecule has 3 aromatic rings. The van der Waals surface area contributed by atoms with Gasteiger partial charge >= 0.3 is 6.09 Å². The topological polar surface area (TPSA) is 78.5 Å². The molecule has 30 heavy (non-hydrogen) atoms. The molecule has 1 heterocycles. The molecule has 1 amide bonds. The fourth-order valence-corrected chi connectivity index (χ4v) is 3.73. The summed E-state index contributed by atoms with van der Waals surface area (Å²) in [6.45, 7) is 5.94. The van der Waals surface area contributed by atoms with E-state index in [0.29, 0.717) is 24.8 Å². The summed E-state index contributed by atoms with van der Waals surface area (Å²) in [4.78, 5) is 11.8. The van der Waals surface area contributed by atoms with Gasteiger partial charge in [-0.2, -0.15) is 0 Å². The van der Waals surface area contributed by atoms with E-state index in [1.54, 1.807) is 0 Å². The lowest BCUT2D eigenvalue weighted by atomic mass is 10.1. The number of benzene rings is 2. The van der Waals surface area contributed by atoms with E-state index in [2.05, 4.69) is 16.0 Å². The van der Waals surface area contributed by atoms with Crippen LogP contribution in [0.15, 0.2) is 42.5 Å². The Kier molecular flexibility index (Phi) is 5.84. The third-order valence-electron chi connectivity index (χ3n) is 5.37. The van der Waals surface area contributed by atoms with Crippen LogP contribution in [0.2, 0.25) is 0 Å². The number of amides is 1. The van der Waals surface area contributed by atoms with Gasteiger partial charge in [0.2, 0.25) is 0 Å². The van der Waals surface area contributed by atoms with Crippen molar-refractivity contribution < 1.29 is 14.3 Å². The molecule has 0 saturated heterocycles. The predicted octanol–water partition coefficient (Wildman–Crippen LogP) is 5.66. The third-order valence-corrected chi connectivity index (χ3v) is 5.37. The number of ether oxygens (including phenoxy) is 2. The second kappa shape index (κ2) is 8.69. The normalized spacial score (nSPS) is 13.4. The van der Waals surface area contributed by atoms with Crippen LogP contribution in [0, 0.1) is 5.92 Å². The number of nitrogens with zero attached hydrogens (tertiary/aromatic N) is 1. The molecule has 6 nitrogen and oxygen atoms in total. The van der Waals surface area contributed by atoms with Gasteiger partial charge in [-0.3, -0.25) is 5.32 Å². The summed E-state index contributed by atoms with van der Waals surface area (Å²) in [5, 5.41) is 3.80. The smallest absolute Gasteiger partial charge is 0.411 e. The highest BCUT2D eigenvalue weighted by Gasteiger charge is 2.26. The minimum atomic E-state index is -0.435. The molecule has 0 unspecified atom stereocenters.